The molecular formula is C11H8F3. The lowest BCUT2D eigenvalue weighted by Crippen LogP contribution is -2.04. The number of terminal acetylenes is 1. The van der Waals surface area contributed by atoms with Crippen LogP contribution in [0.25, 0.3) is 0 Å². The fraction of sp³-hybridized carbons (Fsp3) is 0.182. The maximum atomic E-state index is 13.3. The van der Waals surface area contributed by atoms with E-state index in [0.717, 1.165) is 0 Å². The molecule has 0 unspecified atom stereocenters. The summed E-state index contributed by atoms with van der Waals surface area (Å²) < 4.78 is 39.6. The van der Waals surface area contributed by atoms with Crippen molar-refractivity contribution in [3.63, 3.8) is 0 Å². The van der Waals surface area contributed by atoms with Crippen molar-refractivity contribution in [2.75, 3.05) is 0 Å². The molecule has 0 aliphatic heterocycles. The largest absolute Gasteiger partial charge is 0.206 e. The Hall–Kier alpha value is -1.43. The summed E-state index contributed by atoms with van der Waals surface area (Å²) in [4.78, 5) is 0. The van der Waals surface area contributed by atoms with E-state index in [-0.39, 0.29) is 17.5 Å². The average Bonchev–Trinajstić information content (AvgIpc) is 2.19. The summed E-state index contributed by atoms with van der Waals surface area (Å²) in [5, 5.41) is 0. The Kier molecular flexibility index (Phi) is 2.85. The molecule has 0 heterocycles. The van der Waals surface area contributed by atoms with Crippen LogP contribution in [-0.2, 0) is 6.42 Å². The van der Waals surface area contributed by atoms with Gasteiger partial charge in [0.15, 0.2) is 11.6 Å². The third kappa shape index (κ3) is 1.48. The van der Waals surface area contributed by atoms with Crippen LogP contribution in [0.5, 0.6) is 0 Å². The summed E-state index contributed by atoms with van der Waals surface area (Å²) in [5.74, 6) is -1.11. The third-order valence-corrected chi connectivity index (χ3v) is 2.05. The van der Waals surface area contributed by atoms with Gasteiger partial charge in [0.25, 0.3) is 0 Å². The topological polar surface area (TPSA) is 0 Å². The zero-order valence-electron chi connectivity index (χ0n) is 7.63. The first kappa shape index (κ1) is 10.6. The Balaban J connectivity index is 3.53. The molecule has 0 spiro atoms. The van der Waals surface area contributed by atoms with Crippen molar-refractivity contribution in [2.24, 2.45) is 0 Å². The van der Waals surface area contributed by atoms with Crippen molar-refractivity contribution in [1.29, 1.82) is 0 Å². The smallest absolute Gasteiger partial charge is 0.166 e. The minimum Gasteiger partial charge on any atom is -0.206 e. The molecule has 0 fully saturated rings. The van der Waals surface area contributed by atoms with E-state index in [0.29, 0.717) is 0 Å². The van der Waals surface area contributed by atoms with Gasteiger partial charge < -0.3 is 0 Å². The second-order valence-corrected chi connectivity index (χ2v) is 2.90. The summed E-state index contributed by atoms with van der Waals surface area (Å²) in [6, 6.07) is 0. The van der Waals surface area contributed by atoms with E-state index in [2.05, 4.69) is 12.8 Å². The van der Waals surface area contributed by atoms with E-state index in [1.165, 1.54) is 6.92 Å². The normalized spacial score (nSPS) is 10.0. The van der Waals surface area contributed by atoms with Crippen LogP contribution in [0.1, 0.15) is 16.7 Å². The lowest BCUT2D eigenvalue weighted by atomic mass is 10.0. The fourth-order valence-corrected chi connectivity index (χ4v) is 1.14. The fourth-order valence-electron chi connectivity index (χ4n) is 1.14. The van der Waals surface area contributed by atoms with Crippen LogP contribution in [0.3, 0.4) is 0 Å². The first-order valence-corrected chi connectivity index (χ1v) is 3.92. The molecule has 0 aliphatic rings. The van der Waals surface area contributed by atoms with Gasteiger partial charge >= 0.3 is 0 Å². The number of hydrogen-bond acceptors (Lipinski definition) is 0. The quantitative estimate of drug-likeness (QED) is 0.479. The van der Waals surface area contributed by atoms with Gasteiger partial charge in [0, 0.05) is 12.0 Å². The van der Waals surface area contributed by atoms with Crippen LogP contribution in [0.15, 0.2) is 0 Å². The zero-order chi connectivity index (χ0) is 10.9. The van der Waals surface area contributed by atoms with Gasteiger partial charge in [0.2, 0.25) is 0 Å². The maximum absolute atomic E-state index is 13.3. The molecule has 0 aromatic heterocycles. The maximum Gasteiger partial charge on any atom is 0.166 e. The second kappa shape index (κ2) is 3.75. The highest BCUT2D eigenvalue weighted by Crippen LogP contribution is 2.24. The molecule has 1 radical (unpaired) electrons. The predicted octanol–water partition coefficient (Wildman–Crippen LogP) is 2.77. The molecule has 3 heteroatoms. The highest BCUT2D eigenvalue weighted by molar-refractivity contribution is 5.38. The van der Waals surface area contributed by atoms with Gasteiger partial charge in [-0.3, -0.25) is 0 Å². The molecule has 14 heavy (non-hydrogen) atoms. The molecule has 0 aliphatic carbocycles. The van der Waals surface area contributed by atoms with Crippen molar-refractivity contribution < 1.29 is 13.2 Å². The molecule has 1 aromatic rings. The monoisotopic (exact) mass is 197 g/mol. The van der Waals surface area contributed by atoms with Crippen molar-refractivity contribution in [1.82, 2.24) is 0 Å². The van der Waals surface area contributed by atoms with Crippen molar-refractivity contribution in [3.8, 4) is 12.3 Å². The first-order chi connectivity index (χ1) is 6.50. The number of hydrogen-bond donors (Lipinski definition) is 0. The van der Waals surface area contributed by atoms with Crippen molar-refractivity contribution in [3.05, 3.63) is 41.1 Å². The van der Waals surface area contributed by atoms with Crippen LogP contribution in [-0.4, -0.2) is 0 Å². The summed E-state index contributed by atoms with van der Waals surface area (Å²) >= 11 is 0. The number of halogens is 3. The Bertz CT molecular complexity index is 385. The molecule has 1 aromatic carbocycles. The second-order valence-electron chi connectivity index (χ2n) is 2.90. The van der Waals surface area contributed by atoms with Gasteiger partial charge in [-0.1, -0.05) is 0 Å². The van der Waals surface area contributed by atoms with E-state index in [9.17, 15) is 13.2 Å². The van der Waals surface area contributed by atoms with Gasteiger partial charge in [-0.15, -0.1) is 12.3 Å². The van der Waals surface area contributed by atoms with Gasteiger partial charge in [-0.2, -0.15) is 0 Å². The predicted molar refractivity (Wildman–Crippen MR) is 48.0 cm³/mol. The van der Waals surface area contributed by atoms with E-state index in [1.54, 1.807) is 0 Å². The summed E-state index contributed by atoms with van der Waals surface area (Å²) in [5.41, 5.74) is -0.676. The van der Waals surface area contributed by atoms with E-state index in [4.69, 9.17) is 6.42 Å². The molecule has 73 valence electrons. The Morgan fingerprint density at radius 1 is 1.21 bits per heavy atom. The van der Waals surface area contributed by atoms with Gasteiger partial charge in [-0.25, -0.2) is 13.2 Å². The molecule has 0 atom stereocenters. The highest BCUT2D eigenvalue weighted by atomic mass is 19.2. The zero-order valence-corrected chi connectivity index (χ0v) is 7.63. The van der Waals surface area contributed by atoms with Crippen LogP contribution < -0.4 is 0 Å². The SMILES string of the molecule is C#CCc1c(F)c(C)c([CH2])c(F)c1F. The molecule has 0 nitrogen and oxygen atoms in total. The van der Waals surface area contributed by atoms with Gasteiger partial charge in [-0.05, 0) is 25.0 Å². The minimum atomic E-state index is -1.24. The Morgan fingerprint density at radius 2 is 1.79 bits per heavy atom. The van der Waals surface area contributed by atoms with Crippen molar-refractivity contribution >= 4 is 0 Å². The standard InChI is InChI=1S/C11H8F3/c1-4-5-8-9(12)6(2)7(3)10(13)11(8)14/h1H,3,5H2,2H3. The van der Waals surface area contributed by atoms with Crippen LogP contribution >= 0.6 is 0 Å². The molecule has 0 saturated heterocycles. The average molecular weight is 197 g/mol. The minimum absolute atomic E-state index is 0.00542. The molecule has 0 saturated carbocycles. The van der Waals surface area contributed by atoms with Gasteiger partial charge in [0.1, 0.15) is 5.82 Å². The van der Waals surface area contributed by atoms with Crippen molar-refractivity contribution in [2.45, 2.75) is 13.3 Å². The molecule has 0 N–H and O–H groups in total. The van der Waals surface area contributed by atoms with Gasteiger partial charge in [0.05, 0.1) is 0 Å². The van der Waals surface area contributed by atoms with Crippen LogP contribution in [0.4, 0.5) is 13.2 Å². The Labute approximate surface area is 80.8 Å². The summed E-state index contributed by atoms with van der Waals surface area (Å²) in [7, 11) is 0. The lowest BCUT2D eigenvalue weighted by Gasteiger charge is -2.09. The molecule has 0 bridgehead atoms. The molecule has 1 rings (SSSR count). The number of benzene rings is 1. The first-order valence-electron chi connectivity index (χ1n) is 3.92. The van der Waals surface area contributed by atoms with Crippen LogP contribution in [0, 0.1) is 43.6 Å². The highest BCUT2D eigenvalue weighted by Gasteiger charge is 2.19. The van der Waals surface area contributed by atoms with E-state index in [1.807, 2.05) is 0 Å². The summed E-state index contributed by atoms with van der Waals surface area (Å²) in [6.45, 7) is 4.57. The third-order valence-electron chi connectivity index (χ3n) is 2.05. The Morgan fingerprint density at radius 3 is 2.29 bits per heavy atom. The lowest BCUT2D eigenvalue weighted by molar-refractivity contribution is 0.477. The molecular weight excluding hydrogens is 189 g/mol. The molecule has 0 amide bonds. The van der Waals surface area contributed by atoms with E-state index < -0.39 is 23.0 Å². The van der Waals surface area contributed by atoms with Crippen LogP contribution in [0.2, 0.25) is 0 Å². The van der Waals surface area contributed by atoms with E-state index >= 15 is 0 Å². The number of rotatable bonds is 1. The summed E-state index contributed by atoms with van der Waals surface area (Å²) in [6.07, 6.45) is 4.65.